The van der Waals surface area contributed by atoms with E-state index in [1.807, 2.05) is 24.3 Å². The third-order valence-corrected chi connectivity index (χ3v) is 9.58. The van der Waals surface area contributed by atoms with Crippen LogP contribution in [-0.4, -0.2) is 43.8 Å². The first-order valence-electron chi connectivity index (χ1n) is 13.3. The van der Waals surface area contributed by atoms with E-state index in [4.69, 9.17) is 11.6 Å². The maximum atomic E-state index is 14.0. The molecule has 0 heterocycles. The van der Waals surface area contributed by atoms with Gasteiger partial charge in [-0.15, -0.1) is 0 Å². The smallest absolute Gasteiger partial charge is 0.264 e. The molecule has 1 fully saturated rings. The second-order valence-electron chi connectivity index (χ2n) is 9.98. The standard InChI is InChI=1S/C30H33BrClN3O4S/c1-22(30(37)33-26-13-4-2-5-14-26)34(20-23-10-8-11-24(31)18-23)29(36)21-35(27-15-9-12-25(32)19-27)40(38,39)28-16-6-3-7-17-28/h3,6-12,15-19,22,26H,2,4-5,13-14,20-21H2,1H3,(H,33,37). The number of hydrogen-bond acceptors (Lipinski definition) is 4. The number of amides is 2. The van der Waals surface area contributed by atoms with Crippen LogP contribution in [0.2, 0.25) is 5.02 Å². The summed E-state index contributed by atoms with van der Waals surface area (Å²) in [5.41, 5.74) is 1.06. The predicted molar refractivity (Wildman–Crippen MR) is 162 cm³/mol. The number of nitrogens with zero attached hydrogens (tertiary/aromatic N) is 2. The molecular weight excluding hydrogens is 614 g/mol. The number of benzene rings is 3. The zero-order valence-corrected chi connectivity index (χ0v) is 25.5. The topological polar surface area (TPSA) is 86.8 Å². The van der Waals surface area contributed by atoms with Gasteiger partial charge in [0.25, 0.3) is 10.0 Å². The molecule has 2 amide bonds. The van der Waals surface area contributed by atoms with Crippen molar-refractivity contribution in [2.24, 2.45) is 0 Å². The molecule has 0 spiro atoms. The summed E-state index contributed by atoms with van der Waals surface area (Å²) in [7, 11) is -4.13. The molecule has 3 aromatic carbocycles. The van der Waals surface area contributed by atoms with Gasteiger partial charge in [0, 0.05) is 22.1 Å². The minimum Gasteiger partial charge on any atom is -0.352 e. The molecule has 0 bridgehead atoms. The Morgan fingerprint density at radius 2 is 1.68 bits per heavy atom. The Morgan fingerprint density at radius 1 is 0.975 bits per heavy atom. The molecule has 212 valence electrons. The van der Waals surface area contributed by atoms with Gasteiger partial charge in [0.1, 0.15) is 12.6 Å². The van der Waals surface area contributed by atoms with Crippen LogP contribution in [0.4, 0.5) is 5.69 Å². The van der Waals surface area contributed by atoms with Crippen molar-refractivity contribution >= 4 is 55.1 Å². The van der Waals surface area contributed by atoms with Crippen LogP contribution in [-0.2, 0) is 26.2 Å². The normalized spacial score (nSPS) is 14.8. The van der Waals surface area contributed by atoms with Crippen molar-refractivity contribution in [2.45, 2.75) is 62.6 Å². The fourth-order valence-electron chi connectivity index (χ4n) is 4.86. The lowest BCUT2D eigenvalue weighted by molar-refractivity contribution is -0.139. The molecule has 1 saturated carbocycles. The molecule has 10 heteroatoms. The second kappa shape index (κ2) is 13.7. The van der Waals surface area contributed by atoms with Crippen LogP contribution in [0.3, 0.4) is 0 Å². The number of halogens is 2. The van der Waals surface area contributed by atoms with Crippen LogP contribution in [0.1, 0.15) is 44.6 Å². The highest BCUT2D eigenvalue weighted by Gasteiger charge is 2.33. The quantitative estimate of drug-likeness (QED) is 0.286. The third kappa shape index (κ3) is 7.65. The van der Waals surface area contributed by atoms with Crippen molar-refractivity contribution < 1.29 is 18.0 Å². The van der Waals surface area contributed by atoms with Crippen molar-refractivity contribution in [2.75, 3.05) is 10.8 Å². The summed E-state index contributed by atoms with van der Waals surface area (Å²) < 4.78 is 29.5. The van der Waals surface area contributed by atoms with Gasteiger partial charge in [-0.2, -0.15) is 0 Å². The van der Waals surface area contributed by atoms with Crippen LogP contribution >= 0.6 is 27.5 Å². The van der Waals surface area contributed by atoms with E-state index in [0.29, 0.717) is 5.02 Å². The van der Waals surface area contributed by atoms with Crippen LogP contribution in [0, 0.1) is 0 Å². The molecule has 1 aliphatic carbocycles. The van der Waals surface area contributed by atoms with Gasteiger partial charge in [-0.25, -0.2) is 8.42 Å². The summed E-state index contributed by atoms with van der Waals surface area (Å²) in [5.74, 6) is -0.763. The van der Waals surface area contributed by atoms with Crippen molar-refractivity contribution in [1.29, 1.82) is 0 Å². The molecule has 3 aromatic rings. The summed E-state index contributed by atoms with van der Waals surface area (Å²) in [5, 5.41) is 3.45. The summed E-state index contributed by atoms with van der Waals surface area (Å²) in [6.07, 6.45) is 5.11. The molecule has 1 N–H and O–H groups in total. The van der Waals surface area contributed by atoms with Crippen LogP contribution < -0.4 is 9.62 Å². The van der Waals surface area contributed by atoms with Crippen molar-refractivity contribution in [3.05, 3.63) is 93.9 Å². The Labute approximate surface area is 249 Å². The Balaban J connectivity index is 1.67. The van der Waals surface area contributed by atoms with Gasteiger partial charge in [-0.1, -0.05) is 83.2 Å². The number of carbonyl (C=O) groups is 2. The molecule has 0 saturated heterocycles. The minimum absolute atomic E-state index is 0.0457. The molecule has 1 atom stereocenters. The minimum atomic E-state index is -4.13. The van der Waals surface area contributed by atoms with Gasteiger partial charge in [0.05, 0.1) is 10.6 Å². The van der Waals surface area contributed by atoms with Gasteiger partial charge in [0.15, 0.2) is 0 Å². The van der Waals surface area contributed by atoms with E-state index in [2.05, 4.69) is 21.2 Å². The van der Waals surface area contributed by atoms with E-state index in [1.54, 1.807) is 43.3 Å². The highest BCUT2D eigenvalue weighted by molar-refractivity contribution is 9.10. The Kier molecular flexibility index (Phi) is 10.3. The van der Waals surface area contributed by atoms with E-state index in [9.17, 15) is 18.0 Å². The molecule has 4 rings (SSSR count). The summed E-state index contributed by atoms with van der Waals surface area (Å²) in [4.78, 5) is 28.9. The second-order valence-corrected chi connectivity index (χ2v) is 13.2. The van der Waals surface area contributed by atoms with E-state index in [-0.39, 0.29) is 29.1 Å². The molecule has 0 aliphatic heterocycles. The predicted octanol–water partition coefficient (Wildman–Crippen LogP) is 6.16. The lowest BCUT2D eigenvalue weighted by Gasteiger charge is -2.33. The summed E-state index contributed by atoms with van der Waals surface area (Å²) in [6, 6.07) is 21.0. The molecule has 0 aromatic heterocycles. The maximum absolute atomic E-state index is 14.0. The van der Waals surface area contributed by atoms with Gasteiger partial charge in [-0.05, 0) is 67.8 Å². The molecule has 0 radical (unpaired) electrons. The van der Waals surface area contributed by atoms with Crippen LogP contribution in [0.15, 0.2) is 88.2 Å². The third-order valence-electron chi connectivity index (χ3n) is 7.07. The first-order chi connectivity index (χ1) is 19.1. The average molecular weight is 647 g/mol. The van der Waals surface area contributed by atoms with Gasteiger partial charge >= 0.3 is 0 Å². The average Bonchev–Trinajstić information content (AvgIpc) is 2.95. The summed E-state index contributed by atoms with van der Waals surface area (Å²) >= 11 is 9.68. The lowest BCUT2D eigenvalue weighted by atomic mass is 9.95. The van der Waals surface area contributed by atoms with Gasteiger partial charge in [-0.3, -0.25) is 13.9 Å². The fourth-order valence-corrected chi connectivity index (χ4v) is 6.92. The summed E-state index contributed by atoms with van der Waals surface area (Å²) in [6.45, 7) is 1.31. The number of rotatable bonds is 10. The first-order valence-corrected chi connectivity index (χ1v) is 15.9. The molecule has 1 unspecified atom stereocenters. The maximum Gasteiger partial charge on any atom is 0.264 e. The molecular formula is C30H33BrClN3O4S. The number of sulfonamides is 1. The van der Waals surface area contributed by atoms with Gasteiger partial charge < -0.3 is 10.2 Å². The SMILES string of the molecule is CC(C(=O)NC1CCCCC1)N(Cc1cccc(Br)c1)C(=O)CN(c1cccc(Cl)c1)S(=O)(=O)c1ccccc1. The number of carbonyl (C=O) groups excluding carboxylic acids is 2. The molecule has 1 aliphatic rings. The van der Waals surface area contributed by atoms with Gasteiger partial charge in [0.2, 0.25) is 11.8 Å². The highest BCUT2D eigenvalue weighted by atomic mass is 79.9. The molecule has 40 heavy (non-hydrogen) atoms. The van der Waals surface area contributed by atoms with E-state index >= 15 is 0 Å². The monoisotopic (exact) mass is 645 g/mol. The zero-order valence-electron chi connectivity index (χ0n) is 22.3. The zero-order chi connectivity index (χ0) is 28.7. The van der Waals surface area contributed by atoms with Crippen LogP contribution in [0.25, 0.3) is 0 Å². The number of hydrogen-bond donors (Lipinski definition) is 1. The Hall–Kier alpha value is -2.88. The fraction of sp³-hybridized carbons (Fsp3) is 0.333. The Morgan fingerprint density at radius 3 is 2.35 bits per heavy atom. The number of anilines is 1. The Bertz CT molecular complexity index is 1430. The van der Waals surface area contributed by atoms with E-state index < -0.39 is 28.5 Å². The van der Waals surface area contributed by atoms with Crippen molar-refractivity contribution in [3.8, 4) is 0 Å². The van der Waals surface area contributed by atoms with Crippen LogP contribution in [0.5, 0.6) is 0 Å². The van der Waals surface area contributed by atoms with Crippen molar-refractivity contribution in [1.82, 2.24) is 10.2 Å². The first kappa shape index (κ1) is 30.1. The lowest BCUT2D eigenvalue weighted by Crippen LogP contribution is -2.53. The number of nitrogens with one attached hydrogen (secondary N) is 1. The van der Waals surface area contributed by atoms with E-state index in [1.165, 1.54) is 23.1 Å². The van der Waals surface area contributed by atoms with E-state index in [0.717, 1.165) is 46.4 Å². The molecule has 7 nitrogen and oxygen atoms in total. The highest BCUT2D eigenvalue weighted by Crippen LogP contribution is 2.27. The largest absolute Gasteiger partial charge is 0.352 e. The van der Waals surface area contributed by atoms with Crippen molar-refractivity contribution in [3.63, 3.8) is 0 Å².